The first-order valence-corrected chi connectivity index (χ1v) is 28.1. The summed E-state index contributed by atoms with van der Waals surface area (Å²) < 4.78 is 16.8. The van der Waals surface area contributed by atoms with E-state index in [0.717, 1.165) is 77.0 Å². The van der Waals surface area contributed by atoms with Crippen molar-refractivity contribution in [1.82, 2.24) is 0 Å². The van der Waals surface area contributed by atoms with Crippen LogP contribution in [-0.2, 0) is 28.6 Å². The summed E-state index contributed by atoms with van der Waals surface area (Å²) in [5.74, 6) is -0.890. The molecule has 0 spiro atoms. The van der Waals surface area contributed by atoms with Crippen LogP contribution in [0.5, 0.6) is 0 Å². The van der Waals surface area contributed by atoms with Crippen molar-refractivity contribution in [2.24, 2.45) is 0 Å². The molecule has 0 aliphatic rings. The van der Waals surface area contributed by atoms with Crippen molar-refractivity contribution in [1.29, 1.82) is 0 Å². The lowest BCUT2D eigenvalue weighted by molar-refractivity contribution is -0.167. The number of esters is 3. The minimum Gasteiger partial charge on any atom is -0.462 e. The first kappa shape index (κ1) is 62.4. The fourth-order valence-corrected chi connectivity index (χ4v) is 7.99. The van der Waals surface area contributed by atoms with Crippen LogP contribution in [0.2, 0.25) is 0 Å². The number of hydrogen-bond donors (Lipinski definition) is 0. The van der Waals surface area contributed by atoms with Crippen LogP contribution in [0.4, 0.5) is 0 Å². The molecule has 1 atom stereocenters. The van der Waals surface area contributed by atoms with E-state index >= 15 is 0 Å². The summed E-state index contributed by atoms with van der Waals surface area (Å²) in [5.41, 5.74) is 0. The van der Waals surface area contributed by atoms with Crippen molar-refractivity contribution >= 4 is 17.9 Å². The van der Waals surface area contributed by atoms with Gasteiger partial charge in [0.2, 0.25) is 0 Å². The summed E-state index contributed by atoms with van der Waals surface area (Å²) in [6.45, 7) is 6.60. The van der Waals surface area contributed by atoms with Gasteiger partial charge in [-0.15, -0.1) is 0 Å². The van der Waals surface area contributed by atoms with Gasteiger partial charge in [0, 0.05) is 19.3 Å². The van der Waals surface area contributed by atoms with Gasteiger partial charge in [0.15, 0.2) is 6.10 Å². The molecule has 378 valence electrons. The molecule has 6 heteroatoms. The summed E-state index contributed by atoms with van der Waals surface area (Å²) in [6.07, 6.45) is 65.2. The maximum atomic E-state index is 12.8. The lowest BCUT2D eigenvalue weighted by Gasteiger charge is -2.18. The number of carbonyl (C=O) groups excluding carboxylic acids is 3. The van der Waals surface area contributed by atoms with Crippen molar-refractivity contribution in [3.8, 4) is 0 Å². The second-order valence-corrected chi connectivity index (χ2v) is 18.8. The minimum absolute atomic E-state index is 0.0804. The second-order valence-electron chi connectivity index (χ2n) is 18.8. The van der Waals surface area contributed by atoms with E-state index in [1.165, 1.54) is 173 Å². The zero-order valence-corrected chi connectivity index (χ0v) is 43.3. The van der Waals surface area contributed by atoms with E-state index in [0.29, 0.717) is 19.3 Å². The SMILES string of the molecule is CCCCC/C=C/C/C=C/CCCCCCCCCC(=O)OC[C@@H](COC(=O)CCCCCCC/C=C/CCCCCC)OC(=O)CCCCCCCCC/C=C/CCCCCCCC. The van der Waals surface area contributed by atoms with Gasteiger partial charge >= 0.3 is 17.9 Å². The van der Waals surface area contributed by atoms with Gasteiger partial charge in [-0.3, -0.25) is 14.4 Å². The highest BCUT2D eigenvalue weighted by Gasteiger charge is 2.19. The first-order chi connectivity index (χ1) is 32.0. The molecule has 0 bridgehead atoms. The molecule has 0 aromatic heterocycles. The van der Waals surface area contributed by atoms with Gasteiger partial charge in [0.1, 0.15) is 13.2 Å². The van der Waals surface area contributed by atoms with E-state index in [9.17, 15) is 14.4 Å². The molecule has 0 aliphatic carbocycles. The van der Waals surface area contributed by atoms with Crippen molar-refractivity contribution < 1.29 is 28.6 Å². The standard InChI is InChI=1S/C59H106O6/c1-4-7-10-13-16-19-22-25-27-29-31-34-37-40-43-46-49-52-58(61)64-55-56(54-63-57(60)51-48-45-42-39-36-33-24-21-18-15-12-9-6-3)65-59(62)53-50-47-44-41-38-35-32-30-28-26-23-20-17-14-11-8-5-2/h16,19,21,24-28,56H,4-15,17-18,20,22-23,29-55H2,1-3H3/b19-16+,24-21+,27-25+,28-26+/t56-/m1/s1. The fourth-order valence-electron chi connectivity index (χ4n) is 7.99. The maximum absolute atomic E-state index is 12.8. The average Bonchev–Trinajstić information content (AvgIpc) is 3.30. The zero-order chi connectivity index (χ0) is 47.2. The Morgan fingerprint density at radius 3 is 0.908 bits per heavy atom. The Bertz CT molecular complexity index is 1140. The van der Waals surface area contributed by atoms with Gasteiger partial charge < -0.3 is 14.2 Å². The Hall–Kier alpha value is -2.63. The van der Waals surface area contributed by atoms with E-state index in [-0.39, 0.29) is 31.1 Å². The van der Waals surface area contributed by atoms with Gasteiger partial charge in [-0.2, -0.15) is 0 Å². The highest BCUT2D eigenvalue weighted by Crippen LogP contribution is 2.15. The molecule has 0 N–H and O–H groups in total. The van der Waals surface area contributed by atoms with Crippen LogP contribution in [0.1, 0.15) is 290 Å². The van der Waals surface area contributed by atoms with E-state index < -0.39 is 6.10 Å². The van der Waals surface area contributed by atoms with Gasteiger partial charge in [-0.1, -0.05) is 217 Å². The Kier molecular flexibility index (Phi) is 51.8. The third kappa shape index (κ3) is 52.2. The lowest BCUT2D eigenvalue weighted by atomic mass is 10.1. The molecule has 0 unspecified atom stereocenters. The third-order valence-corrected chi connectivity index (χ3v) is 12.3. The second kappa shape index (κ2) is 54.0. The number of rotatable bonds is 51. The van der Waals surface area contributed by atoms with E-state index in [1.807, 2.05) is 0 Å². The monoisotopic (exact) mass is 911 g/mol. The molecule has 0 aromatic rings. The van der Waals surface area contributed by atoms with Gasteiger partial charge in [-0.05, 0) is 103 Å². The summed E-state index contributed by atoms with van der Waals surface area (Å²) in [7, 11) is 0. The van der Waals surface area contributed by atoms with Gasteiger partial charge in [0.25, 0.3) is 0 Å². The maximum Gasteiger partial charge on any atom is 0.306 e. The molecule has 0 heterocycles. The van der Waals surface area contributed by atoms with Crippen LogP contribution in [0, 0.1) is 0 Å². The van der Waals surface area contributed by atoms with Crippen LogP contribution in [0.25, 0.3) is 0 Å². The summed E-state index contributed by atoms with van der Waals surface area (Å²) >= 11 is 0. The Morgan fingerprint density at radius 2 is 0.554 bits per heavy atom. The number of carbonyl (C=O) groups is 3. The molecule has 0 rings (SSSR count). The molecule has 65 heavy (non-hydrogen) atoms. The van der Waals surface area contributed by atoms with Crippen LogP contribution >= 0.6 is 0 Å². The first-order valence-electron chi connectivity index (χ1n) is 28.1. The quantitative estimate of drug-likeness (QED) is 0.0262. The summed E-state index contributed by atoms with van der Waals surface area (Å²) in [5, 5.41) is 0. The fraction of sp³-hybridized carbons (Fsp3) is 0.814. The molecule has 6 nitrogen and oxygen atoms in total. The smallest absolute Gasteiger partial charge is 0.306 e. The molecular weight excluding hydrogens is 805 g/mol. The molecule has 0 saturated carbocycles. The predicted molar refractivity (Wildman–Crippen MR) is 279 cm³/mol. The Morgan fingerprint density at radius 1 is 0.308 bits per heavy atom. The van der Waals surface area contributed by atoms with Crippen LogP contribution < -0.4 is 0 Å². The third-order valence-electron chi connectivity index (χ3n) is 12.3. The van der Waals surface area contributed by atoms with E-state index in [4.69, 9.17) is 14.2 Å². The normalized spacial score (nSPS) is 12.4. The molecular formula is C59H106O6. The van der Waals surface area contributed by atoms with E-state index in [1.54, 1.807) is 0 Å². The van der Waals surface area contributed by atoms with Crippen molar-refractivity contribution in [3.05, 3.63) is 48.6 Å². The number of ether oxygens (including phenoxy) is 3. The summed E-state index contributed by atoms with van der Waals surface area (Å²) in [4.78, 5) is 38.1. The van der Waals surface area contributed by atoms with Crippen LogP contribution in [0.15, 0.2) is 48.6 Å². The summed E-state index contributed by atoms with van der Waals surface area (Å²) in [6, 6.07) is 0. The predicted octanol–water partition coefficient (Wildman–Crippen LogP) is 18.7. The van der Waals surface area contributed by atoms with Crippen molar-refractivity contribution in [3.63, 3.8) is 0 Å². The molecule has 0 amide bonds. The van der Waals surface area contributed by atoms with E-state index in [2.05, 4.69) is 69.4 Å². The van der Waals surface area contributed by atoms with Gasteiger partial charge in [-0.25, -0.2) is 0 Å². The molecule has 0 radical (unpaired) electrons. The number of unbranched alkanes of at least 4 members (excludes halogenated alkanes) is 32. The molecule has 0 aliphatic heterocycles. The molecule has 0 fully saturated rings. The largest absolute Gasteiger partial charge is 0.462 e. The molecule has 0 aromatic carbocycles. The zero-order valence-electron chi connectivity index (χ0n) is 43.3. The highest BCUT2D eigenvalue weighted by molar-refractivity contribution is 5.71. The van der Waals surface area contributed by atoms with Crippen LogP contribution in [-0.4, -0.2) is 37.2 Å². The highest BCUT2D eigenvalue weighted by atomic mass is 16.6. The van der Waals surface area contributed by atoms with Crippen molar-refractivity contribution in [2.75, 3.05) is 13.2 Å². The topological polar surface area (TPSA) is 78.9 Å². The average molecular weight is 911 g/mol. The van der Waals surface area contributed by atoms with Crippen LogP contribution in [0.3, 0.4) is 0 Å². The van der Waals surface area contributed by atoms with Gasteiger partial charge in [0.05, 0.1) is 0 Å². The van der Waals surface area contributed by atoms with Crippen molar-refractivity contribution in [2.45, 2.75) is 297 Å². The minimum atomic E-state index is -0.781. The number of hydrogen-bond acceptors (Lipinski definition) is 6. The Labute approximate surface area is 403 Å². The Balaban J connectivity index is 4.38. The lowest BCUT2D eigenvalue weighted by Crippen LogP contribution is -2.30. The molecule has 0 saturated heterocycles. The number of allylic oxidation sites excluding steroid dienone is 8.